The fourth-order valence-electron chi connectivity index (χ4n) is 1.00. The Balaban J connectivity index is 3.07. The molecule has 0 saturated carbocycles. The minimum Gasteiger partial charge on any atom is -0.310 e. The summed E-state index contributed by atoms with van der Waals surface area (Å²) in [6.45, 7) is 1.48. The molecule has 0 saturated heterocycles. The molecular weight excluding hydrogens is 203 g/mol. The van der Waals surface area contributed by atoms with Gasteiger partial charge in [0.15, 0.2) is 0 Å². The predicted octanol–water partition coefficient (Wildman–Crippen LogP) is 3.20. The van der Waals surface area contributed by atoms with E-state index in [1.165, 1.54) is 12.1 Å². The van der Waals surface area contributed by atoms with Crippen molar-refractivity contribution in [2.75, 3.05) is 0 Å². The Morgan fingerprint density at radius 3 is 2.60 bits per heavy atom. The van der Waals surface area contributed by atoms with E-state index >= 15 is 0 Å². The molecule has 0 aliphatic heterocycles. The smallest absolute Gasteiger partial charge is 0.310 e. The minimum absolute atomic E-state index is 0.0268. The van der Waals surface area contributed by atoms with Gasteiger partial charge in [-0.15, -0.1) is 0 Å². The van der Waals surface area contributed by atoms with Crippen LogP contribution in [0.25, 0.3) is 0 Å². The van der Waals surface area contributed by atoms with Gasteiger partial charge in [-0.05, 0) is 11.6 Å². The summed E-state index contributed by atoms with van der Waals surface area (Å²) in [6.07, 6.45) is -4.45. The molecule has 4 heteroatoms. The monoisotopic (exact) mass is 219 g/mol. The zero-order chi connectivity index (χ0) is 13.3. The zero-order valence-corrected chi connectivity index (χ0v) is 8.52. The summed E-state index contributed by atoms with van der Waals surface area (Å²) in [6, 6.07) is 4.13. The number of nitrogens with one attached hydrogen (secondary N) is 1. The molecule has 0 amide bonds. The van der Waals surface area contributed by atoms with Crippen LogP contribution in [-0.4, -0.2) is 6.04 Å². The number of hydrogen-bond acceptors (Lipinski definition) is 1. The summed E-state index contributed by atoms with van der Waals surface area (Å²) >= 11 is 0. The number of alkyl halides is 3. The third-order valence-electron chi connectivity index (χ3n) is 1.70. The predicted molar refractivity (Wildman–Crippen MR) is 53.4 cm³/mol. The van der Waals surface area contributed by atoms with Crippen molar-refractivity contribution < 1.29 is 15.9 Å². The third kappa shape index (κ3) is 3.91. The maximum absolute atomic E-state index is 12.5. The van der Waals surface area contributed by atoms with Crippen LogP contribution >= 0.6 is 0 Å². The molecule has 0 aliphatic carbocycles. The van der Waals surface area contributed by atoms with Crippen molar-refractivity contribution in [1.82, 2.24) is 5.32 Å². The van der Waals surface area contributed by atoms with Crippen LogP contribution in [0.5, 0.6) is 0 Å². The summed E-state index contributed by atoms with van der Waals surface area (Å²) in [5.41, 5.74) is -0.870. The lowest BCUT2D eigenvalue weighted by atomic mass is 10.1. The Hall–Kier alpha value is -1.03. The van der Waals surface area contributed by atoms with Gasteiger partial charge < -0.3 is 5.32 Å². The van der Waals surface area contributed by atoms with Crippen LogP contribution in [0.3, 0.4) is 0 Å². The fraction of sp³-hybridized carbons (Fsp3) is 0.455. The molecule has 0 fully saturated rings. The van der Waals surface area contributed by atoms with Crippen molar-refractivity contribution in [2.24, 2.45) is 0 Å². The Morgan fingerprint density at radius 2 is 2.07 bits per heavy atom. The van der Waals surface area contributed by atoms with E-state index in [0.29, 0.717) is 0 Å². The highest BCUT2D eigenvalue weighted by molar-refractivity contribution is 5.25. The third-order valence-corrected chi connectivity index (χ3v) is 1.70. The summed E-state index contributed by atoms with van der Waals surface area (Å²) in [5, 5.41) is 2.58. The van der Waals surface area contributed by atoms with E-state index in [0.717, 1.165) is 12.1 Å². The van der Waals surface area contributed by atoms with Crippen LogP contribution in [-0.2, 0) is 12.7 Å². The standard InChI is InChI=1S/C11H14F3N/c1-8(2)15-7-9-4-3-5-10(6-9)11(12,13)14/h3-6,8,15H,7H2,1-2H3/i7D2. The molecule has 0 heterocycles. The van der Waals surface area contributed by atoms with E-state index in [4.69, 9.17) is 2.74 Å². The average Bonchev–Trinajstić information content (AvgIpc) is 2.14. The second kappa shape index (κ2) is 4.66. The highest BCUT2D eigenvalue weighted by Gasteiger charge is 2.30. The lowest BCUT2D eigenvalue weighted by Gasteiger charge is -2.11. The summed E-state index contributed by atoms with van der Waals surface area (Å²) < 4.78 is 52.8. The topological polar surface area (TPSA) is 12.0 Å². The van der Waals surface area contributed by atoms with Crippen LogP contribution < -0.4 is 5.32 Å². The molecule has 84 valence electrons. The van der Waals surface area contributed by atoms with Crippen molar-refractivity contribution >= 4 is 0 Å². The molecular formula is C11H14F3N. The van der Waals surface area contributed by atoms with Gasteiger partial charge in [0.05, 0.1) is 5.56 Å². The van der Waals surface area contributed by atoms with Gasteiger partial charge in [0.25, 0.3) is 0 Å². The Morgan fingerprint density at radius 1 is 1.40 bits per heavy atom. The van der Waals surface area contributed by atoms with Crippen LogP contribution in [0.4, 0.5) is 13.2 Å². The Kier molecular flexibility index (Phi) is 2.86. The van der Waals surface area contributed by atoms with Gasteiger partial charge in [-0.2, -0.15) is 13.2 Å². The summed E-state index contributed by atoms with van der Waals surface area (Å²) in [4.78, 5) is 0. The number of halogens is 3. The van der Waals surface area contributed by atoms with Gasteiger partial charge in [-0.25, -0.2) is 0 Å². The average molecular weight is 219 g/mol. The van der Waals surface area contributed by atoms with E-state index in [9.17, 15) is 13.2 Å². The quantitative estimate of drug-likeness (QED) is 0.823. The van der Waals surface area contributed by atoms with Crippen molar-refractivity contribution in [3.05, 3.63) is 35.4 Å². The maximum Gasteiger partial charge on any atom is 0.416 e. The van der Waals surface area contributed by atoms with Crippen molar-refractivity contribution in [3.8, 4) is 0 Å². The first kappa shape index (κ1) is 9.21. The largest absolute Gasteiger partial charge is 0.416 e. The van der Waals surface area contributed by atoms with Gasteiger partial charge in [0.1, 0.15) is 0 Å². The summed E-state index contributed by atoms with van der Waals surface area (Å²) in [7, 11) is 0. The van der Waals surface area contributed by atoms with Crippen molar-refractivity contribution in [1.29, 1.82) is 0 Å². The zero-order valence-electron chi connectivity index (χ0n) is 10.5. The van der Waals surface area contributed by atoms with E-state index in [2.05, 4.69) is 5.32 Å². The molecule has 0 bridgehead atoms. The first-order chi connectivity index (χ1) is 7.63. The number of benzene rings is 1. The van der Waals surface area contributed by atoms with Gasteiger partial charge in [-0.1, -0.05) is 32.0 Å². The Bertz CT molecular complexity index is 389. The molecule has 0 aliphatic rings. The Labute approximate surface area is 90.1 Å². The molecule has 0 spiro atoms. The van der Waals surface area contributed by atoms with E-state index in [-0.39, 0.29) is 11.6 Å². The van der Waals surface area contributed by atoms with Crippen LogP contribution in [0.2, 0.25) is 0 Å². The second-order valence-corrected chi connectivity index (χ2v) is 3.50. The first-order valence-corrected chi connectivity index (χ1v) is 4.58. The number of hydrogen-bond donors (Lipinski definition) is 1. The van der Waals surface area contributed by atoms with Crippen LogP contribution in [0.1, 0.15) is 27.7 Å². The van der Waals surface area contributed by atoms with Crippen molar-refractivity contribution in [2.45, 2.75) is 32.6 Å². The van der Waals surface area contributed by atoms with E-state index in [1.807, 2.05) is 0 Å². The molecule has 0 atom stereocenters. The highest BCUT2D eigenvalue weighted by atomic mass is 19.4. The van der Waals surface area contributed by atoms with E-state index in [1.54, 1.807) is 13.8 Å². The molecule has 0 unspecified atom stereocenters. The molecule has 1 aromatic carbocycles. The van der Waals surface area contributed by atoms with Gasteiger partial charge in [0, 0.05) is 15.3 Å². The van der Waals surface area contributed by atoms with Gasteiger partial charge in [0.2, 0.25) is 0 Å². The van der Waals surface area contributed by atoms with Crippen molar-refractivity contribution in [3.63, 3.8) is 0 Å². The molecule has 1 nitrogen and oxygen atoms in total. The van der Waals surface area contributed by atoms with Gasteiger partial charge in [-0.3, -0.25) is 0 Å². The molecule has 15 heavy (non-hydrogen) atoms. The molecule has 1 aromatic rings. The molecule has 1 N–H and O–H groups in total. The van der Waals surface area contributed by atoms with E-state index < -0.39 is 18.2 Å². The molecule has 0 aromatic heterocycles. The number of rotatable bonds is 3. The normalized spacial score (nSPS) is 15.1. The fourth-order valence-corrected chi connectivity index (χ4v) is 1.00. The lowest BCUT2D eigenvalue weighted by molar-refractivity contribution is -0.137. The first-order valence-electron chi connectivity index (χ1n) is 5.58. The molecule has 1 rings (SSSR count). The van der Waals surface area contributed by atoms with Gasteiger partial charge >= 0.3 is 6.18 Å². The second-order valence-electron chi connectivity index (χ2n) is 3.50. The lowest BCUT2D eigenvalue weighted by Crippen LogP contribution is -2.22. The minimum atomic E-state index is -4.45. The SMILES string of the molecule is [2H]C([2H])(NC(C)C)c1cccc(C(F)(F)F)c1. The maximum atomic E-state index is 12.5. The molecule has 0 radical (unpaired) electrons. The summed E-state index contributed by atoms with van der Waals surface area (Å²) in [5.74, 6) is 0. The van der Waals surface area contributed by atoms with Crippen LogP contribution in [0.15, 0.2) is 24.3 Å². The van der Waals surface area contributed by atoms with Crippen LogP contribution in [0, 0.1) is 0 Å². The highest BCUT2D eigenvalue weighted by Crippen LogP contribution is 2.29.